The van der Waals surface area contributed by atoms with E-state index >= 15 is 0 Å². The van der Waals surface area contributed by atoms with Crippen molar-refractivity contribution in [3.63, 3.8) is 0 Å². The minimum absolute atomic E-state index is 0.115. The molecule has 24 heavy (non-hydrogen) atoms. The first kappa shape index (κ1) is 14.6. The van der Waals surface area contributed by atoms with Gasteiger partial charge in [-0.2, -0.15) is 0 Å². The van der Waals surface area contributed by atoms with Gasteiger partial charge in [-0.3, -0.25) is 9.78 Å². The fourth-order valence-corrected chi connectivity index (χ4v) is 3.19. The largest absolute Gasteiger partial charge is 0.398 e. The van der Waals surface area contributed by atoms with E-state index in [4.69, 9.17) is 5.73 Å². The van der Waals surface area contributed by atoms with Crippen LogP contribution in [-0.2, 0) is 6.42 Å². The molecule has 1 heterocycles. The number of Topliss-reactive ketones (excluding diaryl/α,β-unsaturated/α-hetero) is 1. The van der Waals surface area contributed by atoms with Crippen molar-refractivity contribution in [2.24, 2.45) is 0 Å². The van der Waals surface area contributed by atoms with Crippen molar-refractivity contribution in [3.05, 3.63) is 76.7 Å². The van der Waals surface area contributed by atoms with Gasteiger partial charge in [-0.15, -0.1) is 0 Å². The van der Waals surface area contributed by atoms with Crippen LogP contribution in [0.5, 0.6) is 0 Å². The smallest absolute Gasteiger partial charge is 0.192 e. The standard InChI is InChI=1S/C20H15FN2O/c21-14-5-3-4-12(11-14)10-13-8-9-17-18(20(13)24)19(22)15-6-1-2-7-16(15)23-17/h1-7,10-11H,8-9H2,(H2,22,23)/b13-10-. The molecule has 0 saturated carbocycles. The number of ketones is 1. The summed E-state index contributed by atoms with van der Waals surface area (Å²) in [4.78, 5) is 17.5. The number of nitrogens with zero attached hydrogens (tertiary/aromatic N) is 1. The fourth-order valence-electron chi connectivity index (χ4n) is 3.19. The summed E-state index contributed by atoms with van der Waals surface area (Å²) in [6.45, 7) is 0. The molecule has 118 valence electrons. The van der Waals surface area contributed by atoms with Crippen LogP contribution in [0.15, 0.2) is 54.1 Å². The van der Waals surface area contributed by atoms with Crippen LogP contribution in [0.1, 0.15) is 28.0 Å². The molecule has 4 heteroatoms. The molecule has 1 aliphatic rings. The van der Waals surface area contributed by atoms with Gasteiger partial charge in [0.25, 0.3) is 0 Å². The van der Waals surface area contributed by atoms with Crippen LogP contribution in [-0.4, -0.2) is 10.8 Å². The number of nitrogen functional groups attached to an aromatic ring is 1. The highest BCUT2D eigenvalue weighted by Gasteiger charge is 2.26. The number of hydrogen-bond acceptors (Lipinski definition) is 3. The number of allylic oxidation sites excluding steroid dienone is 1. The molecule has 0 bridgehead atoms. The number of hydrogen-bond donors (Lipinski definition) is 1. The topological polar surface area (TPSA) is 56.0 Å². The fraction of sp³-hybridized carbons (Fsp3) is 0.100. The predicted octanol–water partition coefficient (Wildman–Crippen LogP) is 4.17. The molecule has 1 aromatic heterocycles. The van der Waals surface area contributed by atoms with Crippen LogP contribution < -0.4 is 5.73 Å². The lowest BCUT2D eigenvalue weighted by atomic mass is 9.87. The maximum Gasteiger partial charge on any atom is 0.192 e. The molecule has 0 saturated heterocycles. The summed E-state index contributed by atoms with van der Waals surface area (Å²) in [5.74, 6) is -0.434. The Hall–Kier alpha value is -3.01. The van der Waals surface area contributed by atoms with Gasteiger partial charge in [-0.25, -0.2) is 4.39 Å². The molecule has 0 radical (unpaired) electrons. The maximum absolute atomic E-state index is 13.4. The maximum atomic E-state index is 13.4. The molecule has 1 aliphatic carbocycles. The van der Waals surface area contributed by atoms with E-state index < -0.39 is 0 Å². The molecule has 4 rings (SSSR count). The van der Waals surface area contributed by atoms with Gasteiger partial charge in [0.05, 0.1) is 22.5 Å². The van der Waals surface area contributed by atoms with Gasteiger partial charge >= 0.3 is 0 Å². The minimum atomic E-state index is -0.319. The Bertz CT molecular complexity index is 1010. The summed E-state index contributed by atoms with van der Waals surface area (Å²) in [7, 11) is 0. The number of carbonyl (C=O) groups is 1. The number of fused-ring (bicyclic) bond motifs is 2. The first-order chi connectivity index (χ1) is 11.6. The predicted molar refractivity (Wildman–Crippen MR) is 93.2 cm³/mol. The highest BCUT2D eigenvalue weighted by molar-refractivity contribution is 6.18. The number of carbonyl (C=O) groups excluding carboxylic acids is 1. The zero-order valence-corrected chi connectivity index (χ0v) is 12.9. The molecule has 0 aliphatic heterocycles. The van der Waals surface area contributed by atoms with Crippen molar-refractivity contribution in [1.82, 2.24) is 4.98 Å². The van der Waals surface area contributed by atoms with Crippen LogP contribution in [0.2, 0.25) is 0 Å². The van der Waals surface area contributed by atoms with Crippen LogP contribution in [0.25, 0.3) is 17.0 Å². The van der Waals surface area contributed by atoms with Gasteiger partial charge in [-0.05, 0) is 42.7 Å². The first-order valence-electron chi connectivity index (χ1n) is 7.81. The van der Waals surface area contributed by atoms with E-state index in [0.29, 0.717) is 35.2 Å². The van der Waals surface area contributed by atoms with Crippen molar-refractivity contribution in [2.45, 2.75) is 12.8 Å². The highest BCUT2D eigenvalue weighted by Crippen LogP contribution is 2.33. The van der Waals surface area contributed by atoms with Gasteiger partial charge in [0.15, 0.2) is 5.78 Å². The molecular weight excluding hydrogens is 303 g/mol. The van der Waals surface area contributed by atoms with Crippen molar-refractivity contribution < 1.29 is 9.18 Å². The van der Waals surface area contributed by atoms with Crippen molar-refractivity contribution in [2.75, 3.05) is 5.73 Å². The zero-order valence-electron chi connectivity index (χ0n) is 12.9. The number of aromatic nitrogens is 1. The number of aryl methyl sites for hydroxylation is 1. The molecule has 3 nitrogen and oxygen atoms in total. The van der Waals surface area contributed by atoms with E-state index in [1.54, 1.807) is 18.2 Å². The van der Waals surface area contributed by atoms with Crippen molar-refractivity contribution in [3.8, 4) is 0 Å². The zero-order chi connectivity index (χ0) is 16.7. The van der Waals surface area contributed by atoms with Crippen LogP contribution in [0.4, 0.5) is 10.1 Å². The quantitative estimate of drug-likeness (QED) is 0.685. The lowest BCUT2D eigenvalue weighted by Crippen LogP contribution is -2.18. The molecule has 3 aromatic rings. The summed E-state index contributed by atoms with van der Waals surface area (Å²) in [5.41, 5.74) is 10.1. The Balaban J connectivity index is 1.84. The van der Waals surface area contributed by atoms with E-state index in [9.17, 15) is 9.18 Å². The Morgan fingerprint density at radius 1 is 1.08 bits per heavy atom. The number of nitrogens with two attached hydrogens (primary N) is 1. The van der Waals surface area contributed by atoms with E-state index in [1.165, 1.54) is 12.1 Å². The molecule has 2 N–H and O–H groups in total. The number of benzene rings is 2. The third-order valence-corrected chi connectivity index (χ3v) is 4.35. The lowest BCUT2D eigenvalue weighted by molar-refractivity contribution is 0.102. The summed E-state index contributed by atoms with van der Waals surface area (Å²) >= 11 is 0. The summed E-state index contributed by atoms with van der Waals surface area (Å²) in [6, 6.07) is 13.8. The van der Waals surface area contributed by atoms with Crippen molar-refractivity contribution in [1.29, 1.82) is 0 Å². The summed E-state index contributed by atoms with van der Waals surface area (Å²) in [5, 5.41) is 0.789. The third-order valence-electron chi connectivity index (χ3n) is 4.35. The van der Waals surface area contributed by atoms with Gasteiger partial charge in [-0.1, -0.05) is 30.3 Å². The van der Waals surface area contributed by atoms with E-state index in [0.717, 1.165) is 16.6 Å². The number of rotatable bonds is 1. The first-order valence-corrected chi connectivity index (χ1v) is 7.81. The van der Waals surface area contributed by atoms with Crippen molar-refractivity contribution >= 4 is 28.4 Å². The summed E-state index contributed by atoms with van der Waals surface area (Å²) < 4.78 is 13.4. The van der Waals surface area contributed by atoms with Crippen LogP contribution >= 0.6 is 0 Å². The second-order valence-electron chi connectivity index (χ2n) is 5.92. The van der Waals surface area contributed by atoms with Crippen LogP contribution in [0.3, 0.4) is 0 Å². The monoisotopic (exact) mass is 318 g/mol. The minimum Gasteiger partial charge on any atom is -0.398 e. The second-order valence-corrected chi connectivity index (χ2v) is 5.92. The van der Waals surface area contributed by atoms with Gasteiger partial charge in [0.2, 0.25) is 0 Å². The highest BCUT2D eigenvalue weighted by atomic mass is 19.1. The molecular formula is C20H15FN2O. The second kappa shape index (κ2) is 5.57. The number of pyridine rings is 1. The van der Waals surface area contributed by atoms with Gasteiger partial charge < -0.3 is 5.73 Å². The van der Waals surface area contributed by atoms with E-state index in [1.807, 2.05) is 24.3 Å². The van der Waals surface area contributed by atoms with Gasteiger partial charge in [0.1, 0.15) is 5.82 Å². The normalized spacial score (nSPS) is 15.7. The number of halogens is 1. The summed E-state index contributed by atoms with van der Waals surface area (Å²) in [6.07, 6.45) is 2.97. The van der Waals surface area contributed by atoms with Crippen LogP contribution in [0, 0.1) is 5.82 Å². The number of anilines is 1. The molecule has 0 amide bonds. The Kier molecular flexibility index (Phi) is 3.38. The Labute approximate surface area is 138 Å². The average Bonchev–Trinajstić information content (AvgIpc) is 2.58. The van der Waals surface area contributed by atoms with Gasteiger partial charge in [0, 0.05) is 11.0 Å². The van der Waals surface area contributed by atoms with E-state index in [2.05, 4.69) is 4.98 Å². The Morgan fingerprint density at radius 3 is 2.75 bits per heavy atom. The third kappa shape index (κ3) is 2.36. The lowest BCUT2D eigenvalue weighted by Gasteiger charge is -2.20. The molecule has 0 atom stereocenters. The molecule has 0 unspecified atom stereocenters. The molecule has 2 aromatic carbocycles. The van der Waals surface area contributed by atoms with E-state index in [-0.39, 0.29) is 11.6 Å². The number of para-hydroxylation sites is 1. The molecule has 0 fully saturated rings. The molecule has 0 spiro atoms. The SMILES string of the molecule is Nc1c2c(nc3ccccc13)CC/C(=C/c1cccc(F)c1)C2=O. The Morgan fingerprint density at radius 2 is 1.92 bits per heavy atom. The average molecular weight is 318 g/mol.